The molecule has 1 amide bonds. The molecule has 0 radical (unpaired) electrons. The van der Waals surface area contributed by atoms with Crippen molar-refractivity contribution < 1.29 is 4.79 Å². The van der Waals surface area contributed by atoms with E-state index in [1.807, 2.05) is 30.3 Å². The van der Waals surface area contributed by atoms with Crippen molar-refractivity contribution >= 4 is 51.1 Å². The maximum absolute atomic E-state index is 12.6. The van der Waals surface area contributed by atoms with Crippen molar-refractivity contribution in [2.45, 2.75) is 26.2 Å². The number of amides is 1. The molecule has 2 aromatic carbocycles. The summed E-state index contributed by atoms with van der Waals surface area (Å²) in [5, 5.41) is 2.34. The van der Waals surface area contributed by atoms with E-state index in [2.05, 4.69) is 25.1 Å². The van der Waals surface area contributed by atoms with Crippen molar-refractivity contribution in [1.82, 2.24) is 4.90 Å². The first kappa shape index (κ1) is 16.2. The van der Waals surface area contributed by atoms with Gasteiger partial charge in [0.2, 0.25) is 0 Å². The first-order valence-corrected chi connectivity index (χ1v) is 9.16. The van der Waals surface area contributed by atoms with Gasteiger partial charge in [-0.05, 0) is 28.8 Å². The minimum absolute atomic E-state index is 0.0454. The van der Waals surface area contributed by atoms with Gasteiger partial charge in [-0.25, -0.2) is 0 Å². The van der Waals surface area contributed by atoms with E-state index in [0.29, 0.717) is 4.32 Å². The second-order valence-electron chi connectivity index (χ2n) is 5.61. The van der Waals surface area contributed by atoms with Gasteiger partial charge in [0.05, 0.1) is 4.91 Å². The van der Waals surface area contributed by atoms with E-state index in [1.165, 1.54) is 17.1 Å². The first-order valence-electron chi connectivity index (χ1n) is 7.94. The highest BCUT2D eigenvalue weighted by atomic mass is 32.2. The first-order chi connectivity index (χ1) is 11.2. The van der Waals surface area contributed by atoms with E-state index < -0.39 is 0 Å². The minimum Gasteiger partial charge on any atom is -0.293 e. The highest BCUT2D eigenvalue weighted by Gasteiger charge is 2.31. The lowest BCUT2D eigenvalue weighted by atomic mass is 10.0. The summed E-state index contributed by atoms with van der Waals surface area (Å²) >= 11 is 6.80. The normalized spacial score (nSPS) is 16.7. The summed E-state index contributed by atoms with van der Waals surface area (Å²) in [6, 6.07) is 14.4. The fourth-order valence-corrected chi connectivity index (χ4v) is 4.03. The Bertz CT molecular complexity index is 777. The molecule has 1 aliphatic rings. The number of thiocarbonyl (C=S) groups is 1. The number of thioether (sulfide) groups is 1. The minimum atomic E-state index is 0.0454. The van der Waals surface area contributed by atoms with Gasteiger partial charge in [-0.2, -0.15) is 0 Å². The van der Waals surface area contributed by atoms with Crippen molar-refractivity contribution in [1.29, 1.82) is 0 Å². The summed E-state index contributed by atoms with van der Waals surface area (Å²) in [5.41, 5.74) is 1.07. The summed E-state index contributed by atoms with van der Waals surface area (Å²) in [6.45, 7) is 2.89. The van der Waals surface area contributed by atoms with E-state index in [1.54, 1.807) is 4.90 Å². The van der Waals surface area contributed by atoms with E-state index in [4.69, 9.17) is 12.2 Å². The quantitative estimate of drug-likeness (QED) is 0.422. The summed E-state index contributed by atoms with van der Waals surface area (Å²) in [5.74, 6) is 0.0454. The zero-order valence-corrected chi connectivity index (χ0v) is 14.8. The molecule has 3 rings (SSSR count). The highest BCUT2D eigenvalue weighted by molar-refractivity contribution is 8.26. The predicted molar refractivity (Wildman–Crippen MR) is 103 cm³/mol. The average Bonchev–Trinajstić information content (AvgIpc) is 2.83. The molecule has 2 nitrogen and oxygen atoms in total. The Morgan fingerprint density at radius 2 is 1.91 bits per heavy atom. The summed E-state index contributed by atoms with van der Waals surface area (Å²) in [6.07, 6.45) is 5.24. The summed E-state index contributed by atoms with van der Waals surface area (Å²) in [7, 11) is 0. The second-order valence-corrected chi connectivity index (χ2v) is 7.28. The molecule has 0 atom stereocenters. The standard InChI is InChI=1S/C19H19NOS2/c1-2-3-6-12-20-18(21)17(23-19(20)22)13-15-10-7-9-14-8-4-5-11-16(14)15/h4-5,7-11,13H,2-3,6,12H2,1H3. The molecule has 0 bridgehead atoms. The van der Waals surface area contributed by atoms with Crippen molar-refractivity contribution in [2.75, 3.05) is 6.54 Å². The van der Waals surface area contributed by atoms with Gasteiger partial charge < -0.3 is 0 Å². The summed E-state index contributed by atoms with van der Waals surface area (Å²) < 4.78 is 0.678. The van der Waals surface area contributed by atoms with Crippen LogP contribution in [0.2, 0.25) is 0 Å². The maximum atomic E-state index is 12.6. The fourth-order valence-electron chi connectivity index (χ4n) is 2.73. The SMILES string of the molecule is CCCCCN1C(=O)C(=Cc2cccc3ccccc23)SC1=S. The van der Waals surface area contributed by atoms with Gasteiger partial charge in [-0.1, -0.05) is 86.2 Å². The van der Waals surface area contributed by atoms with Gasteiger partial charge in [0.25, 0.3) is 5.91 Å². The predicted octanol–water partition coefficient (Wildman–Crippen LogP) is 5.23. The van der Waals surface area contributed by atoms with Crippen LogP contribution in [0.4, 0.5) is 0 Å². The number of benzene rings is 2. The van der Waals surface area contributed by atoms with Crippen LogP contribution in [0.5, 0.6) is 0 Å². The number of carbonyl (C=O) groups excluding carboxylic acids is 1. The van der Waals surface area contributed by atoms with Crippen LogP contribution in [0.25, 0.3) is 16.8 Å². The smallest absolute Gasteiger partial charge is 0.266 e. The van der Waals surface area contributed by atoms with Gasteiger partial charge in [0, 0.05) is 6.54 Å². The van der Waals surface area contributed by atoms with E-state index in [0.717, 1.165) is 41.7 Å². The molecule has 0 aliphatic carbocycles. The van der Waals surface area contributed by atoms with Gasteiger partial charge in [0.1, 0.15) is 4.32 Å². The van der Waals surface area contributed by atoms with Crippen LogP contribution >= 0.6 is 24.0 Å². The van der Waals surface area contributed by atoms with E-state index in [-0.39, 0.29) is 5.91 Å². The number of carbonyl (C=O) groups is 1. The fraction of sp³-hybridized carbons (Fsp3) is 0.263. The Balaban J connectivity index is 1.88. The Morgan fingerprint density at radius 1 is 1.13 bits per heavy atom. The largest absolute Gasteiger partial charge is 0.293 e. The van der Waals surface area contributed by atoms with Crippen molar-refractivity contribution in [3.05, 3.63) is 52.9 Å². The lowest BCUT2D eigenvalue weighted by molar-refractivity contribution is -0.122. The zero-order valence-electron chi connectivity index (χ0n) is 13.1. The number of rotatable bonds is 5. The van der Waals surface area contributed by atoms with E-state index >= 15 is 0 Å². The van der Waals surface area contributed by atoms with Crippen LogP contribution in [-0.4, -0.2) is 21.7 Å². The van der Waals surface area contributed by atoms with Crippen LogP contribution in [0.1, 0.15) is 31.7 Å². The Morgan fingerprint density at radius 3 is 2.74 bits per heavy atom. The molecule has 1 fully saturated rings. The molecule has 0 N–H and O–H groups in total. The van der Waals surface area contributed by atoms with Gasteiger partial charge >= 0.3 is 0 Å². The van der Waals surface area contributed by atoms with Gasteiger partial charge in [-0.3, -0.25) is 9.69 Å². The van der Waals surface area contributed by atoms with Crippen molar-refractivity contribution in [3.63, 3.8) is 0 Å². The third-order valence-corrected chi connectivity index (χ3v) is 5.35. The van der Waals surface area contributed by atoms with Crippen LogP contribution in [0, 0.1) is 0 Å². The summed E-state index contributed by atoms with van der Waals surface area (Å²) in [4.78, 5) is 15.1. The molecule has 1 heterocycles. The maximum Gasteiger partial charge on any atom is 0.266 e. The van der Waals surface area contributed by atoms with Crippen molar-refractivity contribution in [3.8, 4) is 0 Å². The average molecular weight is 342 g/mol. The molecular weight excluding hydrogens is 322 g/mol. The third kappa shape index (κ3) is 3.48. The zero-order chi connectivity index (χ0) is 16.2. The Hall–Kier alpha value is -1.65. The lowest BCUT2D eigenvalue weighted by Crippen LogP contribution is -2.28. The monoisotopic (exact) mass is 341 g/mol. The van der Waals surface area contributed by atoms with Crippen molar-refractivity contribution in [2.24, 2.45) is 0 Å². The number of fused-ring (bicyclic) bond motifs is 1. The Labute approximate surface area is 146 Å². The molecule has 0 spiro atoms. The molecule has 1 saturated heterocycles. The molecule has 4 heteroatoms. The molecular formula is C19H19NOS2. The Kier molecular flexibility index (Phi) is 5.13. The number of nitrogens with zero attached hydrogens (tertiary/aromatic N) is 1. The molecule has 23 heavy (non-hydrogen) atoms. The molecule has 118 valence electrons. The molecule has 2 aromatic rings. The van der Waals surface area contributed by atoms with Crippen LogP contribution in [0.3, 0.4) is 0 Å². The lowest BCUT2D eigenvalue weighted by Gasteiger charge is -2.13. The highest BCUT2D eigenvalue weighted by Crippen LogP contribution is 2.34. The van der Waals surface area contributed by atoms with Gasteiger partial charge in [-0.15, -0.1) is 0 Å². The number of hydrogen-bond acceptors (Lipinski definition) is 3. The van der Waals surface area contributed by atoms with Gasteiger partial charge in [0.15, 0.2) is 0 Å². The van der Waals surface area contributed by atoms with Crippen LogP contribution < -0.4 is 0 Å². The van der Waals surface area contributed by atoms with E-state index in [9.17, 15) is 4.79 Å². The van der Waals surface area contributed by atoms with Crippen LogP contribution in [0.15, 0.2) is 47.4 Å². The topological polar surface area (TPSA) is 20.3 Å². The molecule has 0 saturated carbocycles. The molecule has 1 aliphatic heterocycles. The third-order valence-electron chi connectivity index (χ3n) is 3.97. The second kappa shape index (κ2) is 7.28. The number of unbranched alkanes of at least 4 members (excludes halogenated alkanes) is 2. The number of hydrogen-bond donors (Lipinski definition) is 0. The van der Waals surface area contributed by atoms with Crippen LogP contribution in [-0.2, 0) is 4.79 Å². The molecule has 0 unspecified atom stereocenters. The molecule has 0 aromatic heterocycles.